The Hall–Kier alpha value is -2.31. The van der Waals surface area contributed by atoms with Gasteiger partial charge in [0.1, 0.15) is 17.1 Å². The number of aryl methyl sites for hydroxylation is 1. The largest absolute Gasteiger partial charge is 0.478 e. The second-order valence-electron chi connectivity index (χ2n) is 7.57. The van der Waals surface area contributed by atoms with Crippen molar-refractivity contribution in [3.8, 4) is 0 Å². The Kier molecular flexibility index (Phi) is 5.34. The van der Waals surface area contributed by atoms with Crippen LogP contribution < -0.4 is 5.32 Å². The van der Waals surface area contributed by atoms with Crippen molar-refractivity contribution in [3.63, 3.8) is 0 Å². The lowest BCUT2D eigenvalue weighted by Gasteiger charge is -2.33. The molecule has 1 aromatic rings. The topological polar surface area (TPSA) is 99.9 Å². The lowest BCUT2D eigenvalue weighted by molar-refractivity contribution is -0.131. The molecular formula is C19H26N2O5. The lowest BCUT2D eigenvalue weighted by Crippen LogP contribution is -2.40. The van der Waals surface area contributed by atoms with Crippen LogP contribution in [0.3, 0.4) is 0 Å². The predicted octanol–water partition coefficient (Wildman–Crippen LogP) is 2.33. The van der Waals surface area contributed by atoms with E-state index in [0.717, 1.165) is 31.6 Å². The van der Waals surface area contributed by atoms with Crippen LogP contribution in [0.4, 0.5) is 0 Å². The van der Waals surface area contributed by atoms with Crippen molar-refractivity contribution < 1.29 is 23.9 Å². The van der Waals surface area contributed by atoms with Gasteiger partial charge in [-0.25, -0.2) is 4.79 Å². The number of likely N-dealkylation sites (tertiary alicyclic amines) is 1. The molecule has 1 atom stereocenters. The van der Waals surface area contributed by atoms with Crippen molar-refractivity contribution in [3.05, 3.63) is 23.2 Å². The third kappa shape index (κ3) is 3.92. The maximum Gasteiger partial charge on any atom is 0.339 e. The number of nitrogens with zero attached hydrogens (tertiary/aromatic N) is 1. The first-order valence-electron chi connectivity index (χ1n) is 9.25. The van der Waals surface area contributed by atoms with E-state index in [1.165, 1.54) is 6.07 Å². The summed E-state index contributed by atoms with van der Waals surface area (Å²) in [6, 6.07) is 1.69. The van der Waals surface area contributed by atoms with Crippen LogP contribution in [0.1, 0.15) is 60.9 Å². The Morgan fingerprint density at radius 2 is 2.00 bits per heavy atom. The number of nitrogens with one attached hydrogen (secondary N) is 1. The van der Waals surface area contributed by atoms with Crippen LogP contribution in [0.2, 0.25) is 0 Å². The fourth-order valence-electron chi connectivity index (χ4n) is 3.98. The zero-order chi connectivity index (χ0) is 18.8. The summed E-state index contributed by atoms with van der Waals surface area (Å²) in [5.74, 6) is -0.0936. The van der Waals surface area contributed by atoms with Crippen molar-refractivity contribution in [2.45, 2.75) is 58.5 Å². The average molecular weight is 362 g/mol. The monoisotopic (exact) mass is 362 g/mol. The van der Waals surface area contributed by atoms with Crippen molar-refractivity contribution in [2.75, 3.05) is 6.54 Å². The van der Waals surface area contributed by atoms with Gasteiger partial charge in [-0.05, 0) is 44.6 Å². The molecule has 7 nitrogen and oxygen atoms in total. The molecule has 2 aliphatic rings. The molecule has 1 saturated heterocycles. The van der Waals surface area contributed by atoms with Gasteiger partial charge in [-0.1, -0.05) is 6.92 Å². The summed E-state index contributed by atoms with van der Waals surface area (Å²) >= 11 is 0. The fraction of sp³-hybridized carbons (Fsp3) is 0.632. The molecule has 0 radical (unpaired) electrons. The smallest absolute Gasteiger partial charge is 0.339 e. The first-order chi connectivity index (χ1) is 12.3. The first-order valence-corrected chi connectivity index (χ1v) is 9.25. The molecule has 1 saturated carbocycles. The number of carboxylic acids is 1. The van der Waals surface area contributed by atoms with Crippen LogP contribution in [-0.2, 0) is 16.1 Å². The molecule has 0 aromatic carbocycles. The Labute approximate surface area is 152 Å². The highest BCUT2D eigenvalue weighted by molar-refractivity contribution is 5.90. The fourth-order valence-corrected chi connectivity index (χ4v) is 3.98. The molecule has 1 aliphatic heterocycles. The maximum atomic E-state index is 12.4. The predicted molar refractivity (Wildman–Crippen MR) is 93.5 cm³/mol. The number of rotatable bonds is 5. The van der Waals surface area contributed by atoms with Gasteiger partial charge in [-0.15, -0.1) is 0 Å². The van der Waals surface area contributed by atoms with Gasteiger partial charge < -0.3 is 19.7 Å². The normalized spacial score (nSPS) is 26.2. The van der Waals surface area contributed by atoms with Crippen LogP contribution in [-0.4, -0.2) is 40.4 Å². The summed E-state index contributed by atoms with van der Waals surface area (Å²) in [6.45, 7) is 4.41. The van der Waals surface area contributed by atoms with Gasteiger partial charge in [0.25, 0.3) is 0 Å². The standard InChI is InChI=1S/C19H26N2O5/c1-11-3-5-14(6-4-11)21-10-13(7-17(21)22)18(23)20-9-15-8-16(19(24)25)12(2)26-15/h8,11,13-14H,3-7,9-10H2,1-2H3,(H,20,23)(H,24,25). The van der Waals surface area contributed by atoms with Crippen molar-refractivity contribution in [2.24, 2.45) is 11.8 Å². The molecule has 1 aromatic heterocycles. The number of hydrogen-bond acceptors (Lipinski definition) is 4. The summed E-state index contributed by atoms with van der Waals surface area (Å²) in [5.41, 5.74) is 0.1000. The van der Waals surface area contributed by atoms with Gasteiger partial charge >= 0.3 is 5.97 Å². The Balaban J connectivity index is 1.53. The van der Waals surface area contributed by atoms with Gasteiger partial charge in [0, 0.05) is 19.0 Å². The molecule has 26 heavy (non-hydrogen) atoms. The van der Waals surface area contributed by atoms with Crippen LogP contribution in [0.25, 0.3) is 0 Å². The second-order valence-corrected chi connectivity index (χ2v) is 7.57. The highest BCUT2D eigenvalue weighted by Crippen LogP contribution is 2.31. The molecule has 142 valence electrons. The SMILES string of the molecule is Cc1oc(CNC(=O)C2CC(=O)N(C3CCC(C)CC3)C2)cc1C(=O)O. The van der Waals surface area contributed by atoms with E-state index in [1.54, 1.807) is 6.92 Å². The van der Waals surface area contributed by atoms with E-state index in [2.05, 4.69) is 12.2 Å². The minimum absolute atomic E-state index is 0.0618. The van der Waals surface area contributed by atoms with Crippen LogP contribution >= 0.6 is 0 Å². The quantitative estimate of drug-likeness (QED) is 0.837. The molecule has 2 heterocycles. The molecule has 3 rings (SSSR count). The van der Waals surface area contributed by atoms with E-state index >= 15 is 0 Å². The number of furan rings is 1. The second kappa shape index (κ2) is 7.51. The number of amides is 2. The molecule has 2 amide bonds. The number of carbonyl (C=O) groups excluding carboxylic acids is 2. The molecule has 0 spiro atoms. The molecule has 0 bridgehead atoms. The van der Waals surface area contributed by atoms with Gasteiger partial charge in [0.05, 0.1) is 12.5 Å². The first kappa shape index (κ1) is 18.5. The molecule has 2 N–H and O–H groups in total. The van der Waals surface area contributed by atoms with Gasteiger partial charge in [0.15, 0.2) is 0 Å². The summed E-state index contributed by atoms with van der Waals surface area (Å²) in [7, 11) is 0. The number of aromatic carboxylic acids is 1. The molecule has 7 heteroatoms. The third-order valence-electron chi connectivity index (χ3n) is 5.59. The van der Waals surface area contributed by atoms with E-state index in [9.17, 15) is 14.4 Å². The molecule has 2 fully saturated rings. The Morgan fingerprint density at radius 1 is 1.31 bits per heavy atom. The minimum atomic E-state index is -1.05. The van der Waals surface area contributed by atoms with Crippen molar-refractivity contribution >= 4 is 17.8 Å². The minimum Gasteiger partial charge on any atom is -0.478 e. The van der Waals surface area contributed by atoms with Crippen molar-refractivity contribution in [1.29, 1.82) is 0 Å². The molecule has 1 unspecified atom stereocenters. The lowest BCUT2D eigenvalue weighted by atomic mass is 9.87. The van der Waals surface area contributed by atoms with Crippen LogP contribution in [0.5, 0.6) is 0 Å². The van der Waals surface area contributed by atoms with Crippen LogP contribution in [0.15, 0.2) is 10.5 Å². The highest BCUT2D eigenvalue weighted by atomic mass is 16.4. The Morgan fingerprint density at radius 3 is 2.62 bits per heavy atom. The summed E-state index contributed by atoms with van der Waals surface area (Å²) < 4.78 is 5.36. The number of carbonyl (C=O) groups is 3. The van der Waals surface area contributed by atoms with E-state index < -0.39 is 5.97 Å². The number of hydrogen-bond donors (Lipinski definition) is 2. The average Bonchev–Trinajstić information content (AvgIpc) is 3.16. The molecule has 1 aliphatic carbocycles. The van der Waals surface area contributed by atoms with Crippen LogP contribution in [0, 0.1) is 18.8 Å². The zero-order valence-corrected chi connectivity index (χ0v) is 15.3. The third-order valence-corrected chi connectivity index (χ3v) is 5.59. The summed E-state index contributed by atoms with van der Waals surface area (Å²) in [4.78, 5) is 37.7. The number of carboxylic acid groups (broad SMARTS) is 1. The zero-order valence-electron chi connectivity index (χ0n) is 15.3. The van der Waals surface area contributed by atoms with Gasteiger partial charge in [0.2, 0.25) is 11.8 Å². The summed E-state index contributed by atoms with van der Waals surface area (Å²) in [5, 5.41) is 11.8. The summed E-state index contributed by atoms with van der Waals surface area (Å²) in [6.07, 6.45) is 4.55. The van der Waals surface area contributed by atoms with Gasteiger partial charge in [-0.2, -0.15) is 0 Å². The Bertz CT molecular complexity index is 703. The van der Waals surface area contributed by atoms with E-state index in [0.29, 0.717) is 18.1 Å². The van der Waals surface area contributed by atoms with Crippen molar-refractivity contribution in [1.82, 2.24) is 10.2 Å². The molecular weight excluding hydrogens is 336 g/mol. The maximum absolute atomic E-state index is 12.4. The van der Waals surface area contributed by atoms with E-state index in [1.807, 2.05) is 4.90 Å². The van der Waals surface area contributed by atoms with E-state index in [-0.39, 0.29) is 42.3 Å². The van der Waals surface area contributed by atoms with Gasteiger partial charge in [-0.3, -0.25) is 9.59 Å². The highest BCUT2D eigenvalue weighted by Gasteiger charge is 2.38. The van der Waals surface area contributed by atoms with E-state index in [4.69, 9.17) is 9.52 Å².